The van der Waals surface area contributed by atoms with E-state index in [-0.39, 0.29) is 11.2 Å². The van der Waals surface area contributed by atoms with Crippen LogP contribution in [0.3, 0.4) is 0 Å². The van der Waals surface area contributed by atoms with E-state index in [1.165, 1.54) is 51.4 Å². The van der Waals surface area contributed by atoms with E-state index < -0.39 is 0 Å². The molecule has 2 atom stereocenters. The Bertz CT molecular complexity index is 291. The van der Waals surface area contributed by atoms with Gasteiger partial charge in [-0.2, -0.15) is 0 Å². The maximum Gasteiger partial charge on any atom is 0.0844 e. The molecular formula is C16H29NO. The van der Waals surface area contributed by atoms with Crippen molar-refractivity contribution in [3.05, 3.63) is 0 Å². The molecule has 0 amide bonds. The van der Waals surface area contributed by atoms with Gasteiger partial charge >= 0.3 is 0 Å². The summed E-state index contributed by atoms with van der Waals surface area (Å²) in [4.78, 5) is 0. The third-order valence-corrected chi connectivity index (χ3v) is 5.65. The molecule has 2 nitrogen and oxygen atoms in total. The van der Waals surface area contributed by atoms with Crippen LogP contribution in [0.5, 0.6) is 0 Å². The molecule has 1 aliphatic heterocycles. The largest absolute Gasteiger partial charge is 0.366 e. The fourth-order valence-corrected chi connectivity index (χ4v) is 4.83. The standard InChI is InChI=1S/C16H29NO/c1-13(2)14-7-3-4-10-16(14)12-17-11-15(18-16)8-5-6-9-15/h13-14,17H,3-12H2,1-2H3. The van der Waals surface area contributed by atoms with Crippen molar-refractivity contribution < 1.29 is 4.74 Å². The summed E-state index contributed by atoms with van der Waals surface area (Å²) < 4.78 is 6.87. The van der Waals surface area contributed by atoms with Crippen LogP contribution >= 0.6 is 0 Å². The minimum atomic E-state index is 0.162. The lowest BCUT2D eigenvalue weighted by Crippen LogP contribution is -2.63. The molecule has 0 aromatic heterocycles. The summed E-state index contributed by atoms with van der Waals surface area (Å²) in [7, 11) is 0. The fraction of sp³-hybridized carbons (Fsp3) is 1.00. The van der Waals surface area contributed by atoms with E-state index in [9.17, 15) is 0 Å². The van der Waals surface area contributed by atoms with Crippen LogP contribution in [0.2, 0.25) is 0 Å². The molecule has 18 heavy (non-hydrogen) atoms. The van der Waals surface area contributed by atoms with Crippen LogP contribution in [-0.4, -0.2) is 24.3 Å². The molecular weight excluding hydrogens is 222 g/mol. The molecule has 2 heteroatoms. The Morgan fingerprint density at radius 2 is 1.72 bits per heavy atom. The quantitative estimate of drug-likeness (QED) is 0.770. The average molecular weight is 251 g/mol. The minimum absolute atomic E-state index is 0.162. The summed E-state index contributed by atoms with van der Waals surface area (Å²) >= 11 is 0. The molecule has 3 fully saturated rings. The molecule has 2 unspecified atom stereocenters. The second kappa shape index (κ2) is 4.79. The van der Waals surface area contributed by atoms with E-state index in [1.54, 1.807) is 0 Å². The Morgan fingerprint density at radius 3 is 2.44 bits per heavy atom. The van der Waals surface area contributed by atoms with Gasteiger partial charge in [0.2, 0.25) is 0 Å². The molecule has 1 heterocycles. The highest BCUT2D eigenvalue weighted by Crippen LogP contribution is 2.48. The van der Waals surface area contributed by atoms with Gasteiger partial charge in [0, 0.05) is 13.1 Å². The van der Waals surface area contributed by atoms with Crippen molar-refractivity contribution in [3.63, 3.8) is 0 Å². The number of hydrogen-bond acceptors (Lipinski definition) is 2. The van der Waals surface area contributed by atoms with Crippen LogP contribution < -0.4 is 5.32 Å². The molecule has 2 spiro atoms. The molecule has 0 radical (unpaired) electrons. The van der Waals surface area contributed by atoms with Crippen molar-refractivity contribution in [2.24, 2.45) is 11.8 Å². The molecule has 2 saturated carbocycles. The van der Waals surface area contributed by atoms with Gasteiger partial charge in [-0.05, 0) is 37.5 Å². The van der Waals surface area contributed by atoms with Crippen molar-refractivity contribution in [1.82, 2.24) is 5.32 Å². The summed E-state index contributed by atoms with van der Waals surface area (Å²) in [6.45, 7) is 6.96. The zero-order chi connectivity index (χ0) is 12.6. The first kappa shape index (κ1) is 12.9. The fourth-order valence-electron chi connectivity index (χ4n) is 4.83. The van der Waals surface area contributed by atoms with E-state index in [0.717, 1.165) is 24.9 Å². The number of hydrogen-bond donors (Lipinski definition) is 1. The van der Waals surface area contributed by atoms with Crippen molar-refractivity contribution in [1.29, 1.82) is 0 Å². The van der Waals surface area contributed by atoms with Crippen LogP contribution in [0.15, 0.2) is 0 Å². The molecule has 3 rings (SSSR count). The Hall–Kier alpha value is -0.0800. The zero-order valence-corrected chi connectivity index (χ0v) is 12.1. The average Bonchev–Trinajstić information content (AvgIpc) is 2.77. The first-order valence-corrected chi connectivity index (χ1v) is 8.07. The Morgan fingerprint density at radius 1 is 1.00 bits per heavy atom. The first-order valence-electron chi connectivity index (χ1n) is 8.07. The van der Waals surface area contributed by atoms with Gasteiger partial charge in [-0.15, -0.1) is 0 Å². The number of ether oxygens (including phenoxy) is 1. The third-order valence-electron chi connectivity index (χ3n) is 5.65. The maximum absolute atomic E-state index is 6.87. The highest BCUT2D eigenvalue weighted by Gasteiger charge is 2.51. The lowest BCUT2D eigenvalue weighted by atomic mass is 9.68. The van der Waals surface area contributed by atoms with Gasteiger partial charge in [0.25, 0.3) is 0 Å². The smallest absolute Gasteiger partial charge is 0.0844 e. The summed E-state index contributed by atoms with van der Waals surface area (Å²) in [6.07, 6.45) is 10.7. The summed E-state index contributed by atoms with van der Waals surface area (Å²) in [5.74, 6) is 1.51. The van der Waals surface area contributed by atoms with Crippen LogP contribution in [0.1, 0.15) is 65.2 Å². The summed E-state index contributed by atoms with van der Waals surface area (Å²) in [6, 6.07) is 0. The van der Waals surface area contributed by atoms with Crippen molar-refractivity contribution in [2.45, 2.75) is 76.4 Å². The van der Waals surface area contributed by atoms with E-state index in [2.05, 4.69) is 19.2 Å². The predicted molar refractivity (Wildman–Crippen MR) is 74.7 cm³/mol. The van der Waals surface area contributed by atoms with Crippen molar-refractivity contribution in [2.75, 3.05) is 13.1 Å². The van der Waals surface area contributed by atoms with Gasteiger partial charge in [0.05, 0.1) is 11.2 Å². The highest BCUT2D eigenvalue weighted by atomic mass is 16.5. The maximum atomic E-state index is 6.87. The third kappa shape index (κ3) is 2.12. The van der Waals surface area contributed by atoms with E-state index in [0.29, 0.717) is 0 Å². The highest BCUT2D eigenvalue weighted by molar-refractivity contribution is 5.03. The van der Waals surface area contributed by atoms with Crippen molar-refractivity contribution >= 4 is 0 Å². The number of rotatable bonds is 1. The zero-order valence-electron chi connectivity index (χ0n) is 12.1. The van der Waals surface area contributed by atoms with Gasteiger partial charge in [-0.1, -0.05) is 39.5 Å². The SMILES string of the molecule is CC(C)C1CCCCC12CNCC1(CCCC1)O2. The molecule has 2 aliphatic carbocycles. The van der Waals surface area contributed by atoms with Crippen molar-refractivity contribution in [3.8, 4) is 0 Å². The topological polar surface area (TPSA) is 21.3 Å². The van der Waals surface area contributed by atoms with Crippen LogP contribution in [0, 0.1) is 11.8 Å². The Labute approximate surface area is 112 Å². The monoisotopic (exact) mass is 251 g/mol. The van der Waals surface area contributed by atoms with Crippen LogP contribution in [0.4, 0.5) is 0 Å². The van der Waals surface area contributed by atoms with E-state index in [1.807, 2.05) is 0 Å². The second-order valence-corrected chi connectivity index (χ2v) is 7.26. The van der Waals surface area contributed by atoms with Crippen LogP contribution in [0.25, 0.3) is 0 Å². The van der Waals surface area contributed by atoms with E-state index >= 15 is 0 Å². The van der Waals surface area contributed by atoms with Gasteiger partial charge in [0.15, 0.2) is 0 Å². The van der Waals surface area contributed by atoms with Gasteiger partial charge in [-0.25, -0.2) is 0 Å². The molecule has 0 aromatic carbocycles. The Kier molecular flexibility index (Phi) is 3.44. The molecule has 104 valence electrons. The summed E-state index contributed by atoms with van der Waals surface area (Å²) in [5, 5.41) is 3.74. The first-order chi connectivity index (χ1) is 8.66. The molecule has 1 N–H and O–H groups in total. The number of nitrogens with one attached hydrogen (secondary N) is 1. The molecule has 3 aliphatic rings. The second-order valence-electron chi connectivity index (χ2n) is 7.26. The number of morpholine rings is 1. The van der Waals surface area contributed by atoms with Gasteiger partial charge in [0.1, 0.15) is 0 Å². The lowest BCUT2D eigenvalue weighted by Gasteiger charge is -2.54. The van der Waals surface area contributed by atoms with E-state index in [4.69, 9.17) is 4.74 Å². The predicted octanol–water partition coefficient (Wildman–Crippen LogP) is 3.50. The van der Waals surface area contributed by atoms with Gasteiger partial charge < -0.3 is 10.1 Å². The molecule has 1 saturated heterocycles. The molecule has 0 bridgehead atoms. The van der Waals surface area contributed by atoms with Crippen LogP contribution in [-0.2, 0) is 4.74 Å². The molecule has 0 aromatic rings. The lowest BCUT2D eigenvalue weighted by molar-refractivity contribution is -0.218. The minimum Gasteiger partial charge on any atom is -0.366 e. The summed E-state index contributed by atoms with van der Waals surface area (Å²) in [5.41, 5.74) is 0.359. The normalized spacial score (nSPS) is 39.8. The Balaban J connectivity index is 1.82. The van der Waals surface area contributed by atoms with Gasteiger partial charge in [-0.3, -0.25) is 0 Å².